The number of benzene rings is 2. The molecule has 7 heteroatoms. The molecule has 0 aliphatic carbocycles. The van der Waals surface area contributed by atoms with Crippen LogP contribution in [0.5, 0.6) is 0 Å². The predicted molar refractivity (Wildman–Crippen MR) is 107 cm³/mol. The van der Waals surface area contributed by atoms with Crippen molar-refractivity contribution in [1.82, 2.24) is 19.7 Å². The average Bonchev–Trinajstić information content (AvgIpc) is 2.66. The van der Waals surface area contributed by atoms with Gasteiger partial charge in [0.1, 0.15) is 0 Å². The highest BCUT2D eigenvalue weighted by Crippen LogP contribution is 2.09. The zero-order valence-electron chi connectivity index (χ0n) is 16.1. The van der Waals surface area contributed by atoms with Crippen LogP contribution < -0.4 is 16.6 Å². The van der Waals surface area contributed by atoms with Gasteiger partial charge in [-0.05, 0) is 49.6 Å². The van der Waals surface area contributed by atoms with Gasteiger partial charge < -0.3 is 5.32 Å². The summed E-state index contributed by atoms with van der Waals surface area (Å²) >= 11 is 0. The number of aryl methyl sites for hydroxylation is 2. The maximum Gasteiger partial charge on any atom is 0.352 e. The molecule has 0 fully saturated rings. The maximum atomic E-state index is 13.1. The minimum atomic E-state index is -0.705. The number of nitrogens with one attached hydrogen (secondary N) is 1. The minimum absolute atomic E-state index is 0.0606. The van der Waals surface area contributed by atoms with Gasteiger partial charge in [-0.25, -0.2) is 4.79 Å². The standard InChI is InChI=1S/C21H22N4O3/c1-4-22-19(26)18-20(27)24(13-16-10-6-5-9-15(16)3)21(28)25(23-18)17-11-7-8-14(2)12-17/h5-12H,4,13H2,1-3H3,(H,22,26). The molecule has 1 heterocycles. The molecule has 3 aromatic rings. The fraction of sp³-hybridized carbons (Fsp3) is 0.238. The van der Waals surface area contributed by atoms with Crippen molar-refractivity contribution in [3.05, 3.63) is 91.8 Å². The van der Waals surface area contributed by atoms with Crippen LogP contribution in [0.3, 0.4) is 0 Å². The van der Waals surface area contributed by atoms with Crippen LogP contribution in [0.1, 0.15) is 34.1 Å². The Morgan fingerprint density at radius 2 is 1.82 bits per heavy atom. The number of nitrogens with zero attached hydrogens (tertiary/aromatic N) is 3. The van der Waals surface area contributed by atoms with E-state index in [0.717, 1.165) is 25.9 Å². The summed E-state index contributed by atoms with van der Waals surface area (Å²) in [5.41, 5.74) is 1.60. The van der Waals surface area contributed by atoms with Crippen molar-refractivity contribution in [1.29, 1.82) is 0 Å². The van der Waals surface area contributed by atoms with Crippen LogP contribution in [-0.2, 0) is 6.54 Å². The fourth-order valence-corrected chi connectivity index (χ4v) is 2.93. The van der Waals surface area contributed by atoms with Crippen LogP contribution in [0.2, 0.25) is 0 Å². The first-order chi connectivity index (χ1) is 13.4. The molecule has 28 heavy (non-hydrogen) atoms. The van der Waals surface area contributed by atoms with Crippen LogP contribution in [0.25, 0.3) is 5.69 Å². The molecule has 1 aromatic heterocycles. The molecule has 1 amide bonds. The second-order valence-corrected chi connectivity index (χ2v) is 6.56. The number of aromatic nitrogens is 3. The van der Waals surface area contributed by atoms with E-state index in [1.807, 2.05) is 44.2 Å². The third-order valence-corrected chi connectivity index (χ3v) is 4.45. The summed E-state index contributed by atoms with van der Waals surface area (Å²) in [6.07, 6.45) is 0. The van der Waals surface area contributed by atoms with Crippen molar-refractivity contribution in [2.45, 2.75) is 27.3 Å². The number of amides is 1. The van der Waals surface area contributed by atoms with E-state index < -0.39 is 17.2 Å². The van der Waals surface area contributed by atoms with Crippen molar-refractivity contribution in [2.75, 3.05) is 6.54 Å². The van der Waals surface area contributed by atoms with Crippen LogP contribution in [0, 0.1) is 13.8 Å². The average molecular weight is 378 g/mol. The van der Waals surface area contributed by atoms with Crippen molar-refractivity contribution in [3.63, 3.8) is 0 Å². The quantitative estimate of drug-likeness (QED) is 0.734. The van der Waals surface area contributed by atoms with E-state index in [9.17, 15) is 14.4 Å². The lowest BCUT2D eigenvalue weighted by Gasteiger charge is -2.13. The number of carbonyl (C=O) groups excluding carboxylic acids is 1. The second kappa shape index (κ2) is 8.04. The third-order valence-electron chi connectivity index (χ3n) is 4.45. The van der Waals surface area contributed by atoms with Crippen molar-refractivity contribution >= 4 is 5.91 Å². The maximum absolute atomic E-state index is 13.1. The molecule has 0 unspecified atom stereocenters. The van der Waals surface area contributed by atoms with Gasteiger partial charge in [0.2, 0.25) is 5.69 Å². The molecule has 0 aliphatic heterocycles. The lowest BCUT2D eigenvalue weighted by Crippen LogP contribution is -2.46. The monoisotopic (exact) mass is 378 g/mol. The molecule has 0 spiro atoms. The van der Waals surface area contributed by atoms with E-state index in [4.69, 9.17) is 0 Å². The molecule has 0 atom stereocenters. The zero-order chi connectivity index (χ0) is 20.3. The summed E-state index contributed by atoms with van der Waals surface area (Å²) in [6, 6.07) is 14.7. The molecule has 0 saturated heterocycles. The van der Waals surface area contributed by atoms with Crippen LogP contribution in [-0.4, -0.2) is 26.8 Å². The molecular weight excluding hydrogens is 356 g/mol. The summed E-state index contributed by atoms with van der Waals surface area (Å²) in [6.45, 7) is 5.96. The molecule has 1 N–H and O–H groups in total. The molecule has 7 nitrogen and oxygen atoms in total. The first-order valence-electron chi connectivity index (χ1n) is 9.06. The topological polar surface area (TPSA) is 86.0 Å². The van der Waals surface area contributed by atoms with E-state index in [1.54, 1.807) is 25.1 Å². The lowest BCUT2D eigenvalue weighted by atomic mass is 10.1. The first kappa shape index (κ1) is 19.3. The highest BCUT2D eigenvalue weighted by molar-refractivity contribution is 5.91. The summed E-state index contributed by atoms with van der Waals surface area (Å²) < 4.78 is 2.17. The smallest absolute Gasteiger partial charge is 0.351 e. The van der Waals surface area contributed by atoms with Gasteiger partial charge in [0, 0.05) is 6.54 Å². The summed E-state index contributed by atoms with van der Waals surface area (Å²) in [5.74, 6) is -0.604. The molecule has 0 aliphatic rings. The third kappa shape index (κ3) is 3.78. The van der Waals surface area contributed by atoms with Crippen LogP contribution >= 0.6 is 0 Å². The first-order valence-corrected chi connectivity index (χ1v) is 9.06. The Morgan fingerprint density at radius 1 is 1.07 bits per heavy atom. The van der Waals surface area contributed by atoms with Gasteiger partial charge in [-0.2, -0.15) is 9.78 Å². The number of rotatable bonds is 5. The summed E-state index contributed by atoms with van der Waals surface area (Å²) in [4.78, 5) is 38.4. The lowest BCUT2D eigenvalue weighted by molar-refractivity contribution is 0.0946. The van der Waals surface area contributed by atoms with Gasteiger partial charge in [0.25, 0.3) is 11.5 Å². The number of carbonyl (C=O) groups is 1. The van der Waals surface area contributed by atoms with E-state index in [1.165, 1.54) is 0 Å². The van der Waals surface area contributed by atoms with Gasteiger partial charge >= 0.3 is 5.69 Å². The van der Waals surface area contributed by atoms with Crippen molar-refractivity contribution in [3.8, 4) is 5.69 Å². The largest absolute Gasteiger partial charge is 0.352 e. The van der Waals surface area contributed by atoms with Gasteiger partial charge in [0.15, 0.2) is 0 Å². The van der Waals surface area contributed by atoms with E-state index in [-0.39, 0.29) is 12.2 Å². The van der Waals surface area contributed by atoms with E-state index in [0.29, 0.717) is 12.2 Å². The van der Waals surface area contributed by atoms with Gasteiger partial charge in [-0.3, -0.25) is 14.2 Å². The molecular formula is C21H22N4O3. The van der Waals surface area contributed by atoms with Crippen LogP contribution in [0.15, 0.2) is 58.1 Å². The fourth-order valence-electron chi connectivity index (χ4n) is 2.93. The predicted octanol–water partition coefficient (Wildman–Crippen LogP) is 1.81. The van der Waals surface area contributed by atoms with E-state index in [2.05, 4.69) is 10.4 Å². The zero-order valence-corrected chi connectivity index (χ0v) is 16.1. The molecule has 0 bridgehead atoms. The van der Waals surface area contributed by atoms with Crippen molar-refractivity contribution in [2.24, 2.45) is 0 Å². The summed E-state index contributed by atoms with van der Waals surface area (Å²) in [7, 11) is 0. The SMILES string of the molecule is CCNC(=O)c1nn(-c2cccc(C)c2)c(=O)n(Cc2ccccc2C)c1=O. The molecule has 2 aromatic carbocycles. The minimum Gasteiger partial charge on any atom is -0.351 e. The molecule has 3 rings (SSSR count). The molecule has 0 saturated carbocycles. The highest BCUT2D eigenvalue weighted by atomic mass is 16.2. The Hall–Kier alpha value is -3.48. The van der Waals surface area contributed by atoms with E-state index >= 15 is 0 Å². The van der Waals surface area contributed by atoms with Crippen molar-refractivity contribution < 1.29 is 4.79 Å². The molecule has 144 valence electrons. The normalized spacial score (nSPS) is 10.7. The Bertz CT molecular complexity index is 1140. The van der Waals surface area contributed by atoms with Crippen LogP contribution in [0.4, 0.5) is 0 Å². The van der Waals surface area contributed by atoms with Gasteiger partial charge in [0.05, 0.1) is 12.2 Å². The number of hydrogen-bond acceptors (Lipinski definition) is 4. The second-order valence-electron chi connectivity index (χ2n) is 6.56. The highest BCUT2D eigenvalue weighted by Gasteiger charge is 2.20. The Labute approximate surface area is 162 Å². The van der Waals surface area contributed by atoms with Gasteiger partial charge in [-0.1, -0.05) is 36.4 Å². The molecule has 0 radical (unpaired) electrons. The van der Waals surface area contributed by atoms with Gasteiger partial charge in [-0.15, -0.1) is 0 Å². The Balaban J connectivity index is 2.25. The Morgan fingerprint density at radius 3 is 2.50 bits per heavy atom. The number of hydrogen-bond donors (Lipinski definition) is 1. The Kier molecular flexibility index (Phi) is 5.54. The summed E-state index contributed by atoms with van der Waals surface area (Å²) in [5, 5.41) is 6.67.